The van der Waals surface area contributed by atoms with E-state index in [1.165, 1.54) is 0 Å². The fraction of sp³-hybridized carbons (Fsp3) is 0.200. The van der Waals surface area contributed by atoms with Gasteiger partial charge in [-0.3, -0.25) is 9.59 Å². The molecule has 1 aromatic heterocycles. The van der Waals surface area contributed by atoms with Gasteiger partial charge in [0.2, 0.25) is 5.91 Å². The average Bonchev–Trinajstić information content (AvgIpc) is 2.65. The zero-order valence-electron chi connectivity index (χ0n) is 14.3. The van der Waals surface area contributed by atoms with Crippen molar-refractivity contribution in [3.05, 3.63) is 75.0 Å². The van der Waals surface area contributed by atoms with Crippen LogP contribution in [-0.2, 0) is 17.8 Å². The molecule has 0 aliphatic rings. The summed E-state index contributed by atoms with van der Waals surface area (Å²) in [6.45, 7) is 0.432. The molecule has 3 aromatic rings. The molecule has 3 rings (SSSR count). The number of amides is 1. The number of benzene rings is 2. The molecule has 0 spiro atoms. The Labute approximate surface area is 156 Å². The maximum atomic E-state index is 12.2. The fourth-order valence-corrected chi connectivity index (χ4v) is 2.81. The molecule has 134 valence electrons. The molecule has 2 aromatic carbocycles. The summed E-state index contributed by atoms with van der Waals surface area (Å²) in [5, 5.41) is 4.38. The molecule has 1 heterocycles. The van der Waals surface area contributed by atoms with E-state index in [0.29, 0.717) is 23.6 Å². The lowest BCUT2D eigenvalue weighted by molar-refractivity contribution is -0.121. The first-order valence-corrected chi connectivity index (χ1v) is 8.64. The minimum atomic E-state index is -0.173. The molecule has 0 aliphatic heterocycles. The molecule has 5 nitrogen and oxygen atoms in total. The molecular formula is C20H19ClN2O3. The number of methoxy groups -OCH3 is 1. The third-order valence-corrected chi connectivity index (χ3v) is 4.40. The number of fused-ring (bicyclic) bond motifs is 1. The summed E-state index contributed by atoms with van der Waals surface area (Å²) in [7, 11) is 1.60. The number of nitrogens with one attached hydrogen (secondary N) is 2. The lowest BCUT2D eigenvalue weighted by atomic mass is 10.1. The molecule has 0 fully saturated rings. The number of aromatic amines is 1. The van der Waals surface area contributed by atoms with E-state index in [9.17, 15) is 9.59 Å². The predicted octanol–water partition coefficient (Wildman–Crippen LogP) is 3.44. The van der Waals surface area contributed by atoms with Gasteiger partial charge in [0, 0.05) is 34.5 Å². The Morgan fingerprint density at radius 1 is 1.15 bits per heavy atom. The number of hydrogen-bond acceptors (Lipinski definition) is 3. The highest BCUT2D eigenvalue weighted by Crippen LogP contribution is 2.19. The second kappa shape index (κ2) is 8.06. The fourth-order valence-electron chi connectivity index (χ4n) is 2.68. The van der Waals surface area contributed by atoms with E-state index in [4.69, 9.17) is 16.3 Å². The van der Waals surface area contributed by atoms with Gasteiger partial charge in [0.15, 0.2) is 0 Å². The standard InChI is InChI=1S/C20H19ClN2O3/c1-26-17-7-8-18-15(11-17)10-14(20(25)23-18)4-9-19(24)22-12-13-2-5-16(21)6-3-13/h2-3,5-8,10-11H,4,9,12H2,1H3,(H,22,24)(H,23,25). The van der Waals surface area contributed by atoms with Crippen molar-refractivity contribution in [1.82, 2.24) is 10.3 Å². The van der Waals surface area contributed by atoms with E-state index >= 15 is 0 Å². The summed E-state index contributed by atoms with van der Waals surface area (Å²) in [5.74, 6) is 0.612. The van der Waals surface area contributed by atoms with Crippen LogP contribution in [0.4, 0.5) is 0 Å². The molecule has 2 N–H and O–H groups in total. The number of aryl methyl sites for hydroxylation is 1. The van der Waals surface area contributed by atoms with Crippen LogP contribution in [0.3, 0.4) is 0 Å². The molecule has 0 saturated carbocycles. The van der Waals surface area contributed by atoms with Crippen LogP contribution in [0.2, 0.25) is 5.02 Å². The Hall–Kier alpha value is -2.79. The number of hydrogen-bond donors (Lipinski definition) is 2. The van der Waals surface area contributed by atoms with Gasteiger partial charge in [0.25, 0.3) is 5.56 Å². The maximum Gasteiger partial charge on any atom is 0.251 e. The second-order valence-corrected chi connectivity index (χ2v) is 6.42. The van der Waals surface area contributed by atoms with Crippen molar-refractivity contribution in [1.29, 1.82) is 0 Å². The first kappa shape index (κ1) is 18.0. The smallest absolute Gasteiger partial charge is 0.251 e. The first-order chi connectivity index (χ1) is 12.5. The maximum absolute atomic E-state index is 12.2. The number of H-pyrrole nitrogens is 1. The summed E-state index contributed by atoms with van der Waals surface area (Å²) in [6.07, 6.45) is 0.612. The Kier molecular flexibility index (Phi) is 5.58. The van der Waals surface area contributed by atoms with Crippen molar-refractivity contribution in [2.75, 3.05) is 7.11 Å². The van der Waals surface area contributed by atoms with Gasteiger partial charge < -0.3 is 15.0 Å². The van der Waals surface area contributed by atoms with Crippen molar-refractivity contribution < 1.29 is 9.53 Å². The molecule has 0 aliphatic carbocycles. The number of carbonyl (C=O) groups excluding carboxylic acids is 1. The molecule has 0 bridgehead atoms. The zero-order chi connectivity index (χ0) is 18.5. The molecule has 0 unspecified atom stereocenters. The van der Waals surface area contributed by atoms with E-state index in [1.54, 1.807) is 31.4 Å². The number of carbonyl (C=O) groups is 1. The summed E-state index contributed by atoms with van der Waals surface area (Å²) < 4.78 is 5.21. The van der Waals surface area contributed by atoms with Crippen molar-refractivity contribution in [3.8, 4) is 5.75 Å². The summed E-state index contributed by atoms with van der Waals surface area (Å²) in [5.41, 5.74) is 2.12. The number of halogens is 1. The highest BCUT2D eigenvalue weighted by atomic mass is 35.5. The second-order valence-electron chi connectivity index (χ2n) is 5.98. The highest BCUT2D eigenvalue weighted by molar-refractivity contribution is 6.30. The van der Waals surface area contributed by atoms with Crippen molar-refractivity contribution in [2.24, 2.45) is 0 Å². The SMILES string of the molecule is COc1ccc2[nH]c(=O)c(CCC(=O)NCc3ccc(Cl)cc3)cc2c1. The van der Waals surface area contributed by atoms with Gasteiger partial charge >= 0.3 is 0 Å². The number of pyridine rings is 1. The van der Waals surface area contributed by atoms with Crippen LogP contribution in [0.25, 0.3) is 10.9 Å². The number of aromatic nitrogens is 1. The van der Waals surface area contributed by atoms with E-state index in [1.807, 2.05) is 24.3 Å². The summed E-state index contributed by atoms with van der Waals surface area (Å²) in [6, 6.07) is 14.6. The molecule has 1 amide bonds. The van der Waals surface area contributed by atoms with Crippen LogP contribution in [0.1, 0.15) is 17.5 Å². The monoisotopic (exact) mass is 370 g/mol. The largest absolute Gasteiger partial charge is 0.497 e. The van der Waals surface area contributed by atoms with Crippen LogP contribution in [0.5, 0.6) is 5.75 Å². The average molecular weight is 371 g/mol. The van der Waals surface area contributed by atoms with E-state index in [0.717, 1.165) is 22.2 Å². The Bertz CT molecular complexity index is 981. The van der Waals surface area contributed by atoms with E-state index in [2.05, 4.69) is 10.3 Å². The van der Waals surface area contributed by atoms with Gasteiger partial charge in [-0.05, 0) is 48.4 Å². The Morgan fingerprint density at radius 3 is 2.65 bits per heavy atom. The first-order valence-electron chi connectivity index (χ1n) is 8.26. The van der Waals surface area contributed by atoms with Crippen LogP contribution in [-0.4, -0.2) is 18.0 Å². The van der Waals surface area contributed by atoms with Crippen molar-refractivity contribution >= 4 is 28.4 Å². The van der Waals surface area contributed by atoms with Crippen LogP contribution in [0, 0.1) is 0 Å². The lowest BCUT2D eigenvalue weighted by Gasteiger charge is -2.07. The molecule has 0 radical (unpaired) electrons. The zero-order valence-corrected chi connectivity index (χ0v) is 15.1. The highest BCUT2D eigenvalue weighted by Gasteiger charge is 2.08. The van der Waals surface area contributed by atoms with Crippen LogP contribution < -0.4 is 15.6 Å². The Balaban J connectivity index is 1.63. The van der Waals surface area contributed by atoms with Crippen LogP contribution in [0.15, 0.2) is 53.3 Å². The van der Waals surface area contributed by atoms with Gasteiger partial charge in [-0.25, -0.2) is 0 Å². The van der Waals surface area contributed by atoms with Gasteiger partial charge in [-0.1, -0.05) is 23.7 Å². The number of ether oxygens (including phenoxy) is 1. The molecule has 0 saturated heterocycles. The van der Waals surface area contributed by atoms with Gasteiger partial charge in [-0.15, -0.1) is 0 Å². The summed E-state index contributed by atoms with van der Waals surface area (Å²) in [4.78, 5) is 27.1. The van der Waals surface area contributed by atoms with Crippen LogP contribution >= 0.6 is 11.6 Å². The van der Waals surface area contributed by atoms with E-state index < -0.39 is 0 Å². The quantitative estimate of drug-likeness (QED) is 0.698. The van der Waals surface area contributed by atoms with E-state index in [-0.39, 0.29) is 17.9 Å². The third-order valence-electron chi connectivity index (χ3n) is 4.15. The normalized spacial score (nSPS) is 10.7. The lowest BCUT2D eigenvalue weighted by Crippen LogP contribution is -2.24. The van der Waals surface area contributed by atoms with Gasteiger partial charge in [0.1, 0.15) is 5.75 Å². The van der Waals surface area contributed by atoms with Gasteiger partial charge in [0.05, 0.1) is 7.11 Å². The molecule has 6 heteroatoms. The predicted molar refractivity (Wildman–Crippen MR) is 103 cm³/mol. The summed E-state index contributed by atoms with van der Waals surface area (Å²) >= 11 is 5.84. The number of rotatable bonds is 6. The minimum Gasteiger partial charge on any atom is -0.497 e. The third kappa shape index (κ3) is 4.43. The van der Waals surface area contributed by atoms with Crippen molar-refractivity contribution in [3.63, 3.8) is 0 Å². The minimum absolute atomic E-state index is 0.106. The molecular weight excluding hydrogens is 352 g/mol. The molecule has 0 atom stereocenters. The van der Waals surface area contributed by atoms with Gasteiger partial charge in [-0.2, -0.15) is 0 Å². The molecule has 26 heavy (non-hydrogen) atoms. The Morgan fingerprint density at radius 2 is 1.92 bits per heavy atom. The topological polar surface area (TPSA) is 71.2 Å². The van der Waals surface area contributed by atoms with Crippen molar-refractivity contribution in [2.45, 2.75) is 19.4 Å².